The van der Waals surface area contributed by atoms with E-state index in [2.05, 4.69) is 12.6 Å². The third kappa shape index (κ3) is 1.86. The first-order valence-corrected chi connectivity index (χ1v) is 6.82. The van der Waals surface area contributed by atoms with Crippen LogP contribution in [0.25, 0.3) is 0 Å². The van der Waals surface area contributed by atoms with Crippen molar-refractivity contribution in [1.29, 1.82) is 0 Å². The van der Waals surface area contributed by atoms with Crippen LogP contribution in [0.1, 0.15) is 51.4 Å². The summed E-state index contributed by atoms with van der Waals surface area (Å²) in [5.41, 5.74) is 0.563. The molecule has 0 radical (unpaired) electrons. The molecule has 0 aromatic carbocycles. The fraction of sp³-hybridized carbons (Fsp3) is 0.923. The Morgan fingerprint density at radius 3 is 1.93 bits per heavy atom. The number of carbonyl (C=O) groups is 1. The van der Waals surface area contributed by atoms with E-state index >= 15 is 0 Å². The molecule has 0 spiro atoms. The Labute approximate surface area is 97.4 Å². The molecule has 0 amide bonds. The van der Waals surface area contributed by atoms with Crippen LogP contribution in [0.3, 0.4) is 0 Å². The van der Waals surface area contributed by atoms with Crippen molar-refractivity contribution in [2.45, 2.75) is 51.4 Å². The third-order valence-corrected chi connectivity index (χ3v) is 5.26. The van der Waals surface area contributed by atoms with E-state index in [1.165, 1.54) is 38.5 Å². The standard InChI is InChI=1S/C13H20OS/c14-12(15)1-2-13-6-9-3-10(7-13)5-11(4-9)8-13/h9-11H,1-8H2,(H,14,15). The maximum Gasteiger partial charge on any atom is 0.185 e. The largest absolute Gasteiger partial charge is 0.288 e. The summed E-state index contributed by atoms with van der Waals surface area (Å²) < 4.78 is 0. The van der Waals surface area contributed by atoms with Crippen LogP contribution in [0, 0.1) is 23.2 Å². The second kappa shape index (κ2) is 3.51. The first kappa shape index (κ1) is 10.2. The van der Waals surface area contributed by atoms with Gasteiger partial charge in [0.1, 0.15) is 0 Å². The Bertz CT molecular complexity index is 249. The smallest absolute Gasteiger partial charge is 0.185 e. The fourth-order valence-electron chi connectivity index (χ4n) is 4.97. The summed E-state index contributed by atoms with van der Waals surface area (Å²) in [6.45, 7) is 0. The minimum absolute atomic E-state index is 0.0887. The average Bonchev–Trinajstić information content (AvgIpc) is 2.12. The molecular formula is C13H20OS. The minimum atomic E-state index is 0.0887. The van der Waals surface area contributed by atoms with Crippen molar-refractivity contribution in [3.63, 3.8) is 0 Å². The van der Waals surface area contributed by atoms with E-state index in [4.69, 9.17) is 0 Å². The summed E-state index contributed by atoms with van der Waals surface area (Å²) in [4.78, 5) is 11.0. The van der Waals surface area contributed by atoms with Crippen LogP contribution in [0.5, 0.6) is 0 Å². The molecule has 84 valence electrons. The van der Waals surface area contributed by atoms with Gasteiger partial charge >= 0.3 is 0 Å². The first-order valence-electron chi connectivity index (χ1n) is 6.37. The topological polar surface area (TPSA) is 17.1 Å². The van der Waals surface area contributed by atoms with E-state index in [-0.39, 0.29) is 5.12 Å². The molecule has 4 aliphatic carbocycles. The number of rotatable bonds is 3. The fourth-order valence-corrected chi connectivity index (χ4v) is 5.08. The quantitative estimate of drug-likeness (QED) is 0.727. The predicted molar refractivity (Wildman–Crippen MR) is 63.8 cm³/mol. The van der Waals surface area contributed by atoms with Gasteiger partial charge in [0.15, 0.2) is 5.12 Å². The highest BCUT2D eigenvalue weighted by atomic mass is 32.1. The van der Waals surface area contributed by atoms with Crippen molar-refractivity contribution in [2.75, 3.05) is 0 Å². The van der Waals surface area contributed by atoms with Gasteiger partial charge in [0.25, 0.3) is 0 Å². The molecular weight excluding hydrogens is 204 g/mol. The van der Waals surface area contributed by atoms with Gasteiger partial charge in [-0.25, -0.2) is 0 Å². The second-order valence-electron chi connectivity index (χ2n) is 6.31. The summed E-state index contributed by atoms with van der Waals surface area (Å²) in [6, 6.07) is 0. The third-order valence-electron chi connectivity index (χ3n) is 5.03. The number of thiol groups is 1. The first-order chi connectivity index (χ1) is 7.15. The van der Waals surface area contributed by atoms with Gasteiger partial charge in [-0.1, -0.05) is 0 Å². The molecule has 0 aromatic rings. The van der Waals surface area contributed by atoms with E-state index in [9.17, 15) is 4.79 Å². The molecule has 4 fully saturated rings. The lowest BCUT2D eigenvalue weighted by molar-refractivity contribution is -0.113. The van der Waals surface area contributed by atoms with E-state index in [1.54, 1.807) is 0 Å². The van der Waals surface area contributed by atoms with Crippen molar-refractivity contribution in [1.82, 2.24) is 0 Å². The lowest BCUT2D eigenvalue weighted by Crippen LogP contribution is -2.46. The van der Waals surface area contributed by atoms with Gasteiger partial charge in [0.05, 0.1) is 0 Å². The van der Waals surface area contributed by atoms with E-state index in [0.29, 0.717) is 11.8 Å². The second-order valence-corrected chi connectivity index (χ2v) is 6.81. The maximum absolute atomic E-state index is 11.0. The molecule has 0 aromatic heterocycles. The van der Waals surface area contributed by atoms with Gasteiger partial charge in [-0.15, -0.1) is 12.6 Å². The SMILES string of the molecule is O=C(S)CCC12CC3CC(CC(C3)C1)C2. The van der Waals surface area contributed by atoms with E-state index in [0.717, 1.165) is 24.2 Å². The highest BCUT2D eigenvalue weighted by Crippen LogP contribution is 2.61. The summed E-state index contributed by atoms with van der Waals surface area (Å²) in [5.74, 6) is 3.02. The van der Waals surface area contributed by atoms with Crippen LogP contribution in [0.2, 0.25) is 0 Å². The Hall–Kier alpha value is 0.0200. The lowest BCUT2D eigenvalue weighted by atomic mass is 9.48. The molecule has 4 saturated carbocycles. The zero-order chi connectivity index (χ0) is 10.5. The molecule has 0 aliphatic heterocycles. The van der Waals surface area contributed by atoms with Crippen LogP contribution in [0.15, 0.2) is 0 Å². The minimum Gasteiger partial charge on any atom is -0.288 e. The molecule has 0 unspecified atom stereocenters. The number of hydrogen-bond acceptors (Lipinski definition) is 1. The Balaban J connectivity index is 1.72. The van der Waals surface area contributed by atoms with Crippen LogP contribution >= 0.6 is 12.6 Å². The average molecular weight is 224 g/mol. The normalized spacial score (nSPS) is 47.1. The van der Waals surface area contributed by atoms with Crippen molar-refractivity contribution in [3.05, 3.63) is 0 Å². The predicted octanol–water partition coefficient (Wildman–Crippen LogP) is 3.44. The van der Waals surface area contributed by atoms with Gasteiger partial charge in [-0.05, 0) is 68.1 Å². The zero-order valence-corrected chi connectivity index (χ0v) is 10.1. The van der Waals surface area contributed by atoms with Crippen LogP contribution in [-0.4, -0.2) is 5.12 Å². The highest BCUT2D eigenvalue weighted by Gasteiger charge is 2.50. The molecule has 1 nitrogen and oxygen atoms in total. The lowest BCUT2D eigenvalue weighted by Gasteiger charge is -2.57. The molecule has 4 rings (SSSR count). The van der Waals surface area contributed by atoms with Crippen LogP contribution < -0.4 is 0 Å². The van der Waals surface area contributed by atoms with Crippen LogP contribution in [-0.2, 0) is 4.79 Å². The molecule has 0 atom stereocenters. The molecule has 4 bridgehead atoms. The van der Waals surface area contributed by atoms with Crippen molar-refractivity contribution < 1.29 is 4.79 Å². The number of hydrogen-bond donors (Lipinski definition) is 1. The zero-order valence-electron chi connectivity index (χ0n) is 9.24. The van der Waals surface area contributed by atoms with Gasteiger partial charge in [0.2, 0.25) is 0 Å². The molecule has 15 heavy (non-hydrogen) atoms. The summed E-state index contributed by atoms with van der Waals surface area (Å²) in [7, 11) is 0. The Morgan fingerprint density at radius 2 is 1.53 bits per heavy atom. The van der Waals surface area contributed by atoms with Gasteiger partial charge in [-0.2, -0.15) is 0 Å². The molecule has 4 aliphatic rings. The Kier molecular flexibility index (Phi) is 2.39. The molecule has 0 N–H and O–H groups in total. The van der Waals surface area contributed by atoms with Crippen molar-refractivity contribution in [2.24, 2.45) is 23.2 Å². The molecule has 2 heteroatoms. The molecule has 0 heterocycles. The van der Waals surface area contributed by atoms with Crippen molar-refractivity contribution >= 4 is 17.7 Å². The number of carbonyl (C=O) groups excluding carboxylic acids is 1. The van der Waals surface area contributed by atoms with E-state index in [1.807, 2.05) is 0 Å². The van der Waals surface area contributed by atoms with Gasteiger partial charge < -0.3 is 0 Å². The van der Waals surface area contributed by atoms with Gasteiger partial charge in [0, 0.05) is 6.42 Å². The van der Waals surface area contributed by atoms with Crippen molar-refractivity contribution in [3.8, 4) is 0 Å². The van der Waals surface area contributed by atoms with Gasteiger partial charge in [-0.3, -0.25) is 4.79 Å². The summed E-state index contributed by atoms with van der Waals surface area (Å²) in [5, 5.41) is 0.0887. The molecule has 0 saturated heterocycles. The summed E-state index contributed by atoms with van der Waals surface area (Å²) >= 11 is 3.91. The maximum atomic E-state index is 11.0. The van der Waals surface area contributed by atoms with E-state index < -0.39 is 0 Å². The monoisotopic (exact) mass is 224 g/mol. The van der Waals surface area contributed by atoms with Crippen LogP contribution in [0.4, 0.5) is 0 Å². The summed E-state index contributed by atoms with van der Waals surface area (Å²) in [6.07, 6.45) is 10.6. The Morgan fingerprint density at radius 1 is 1.07 bits per heavy atom. The highest BCUT2D eigenvalue weighted by molar-refractivity contribution is 7.96.